The number of aromatic carboxylic acids is 4. The summed E-state index contributed by atoms with van der Waals surface area (Å²) in [6.45, 7) is 10.9. The minimum Gasteiger partial charge on any atom is -0.545 e. The van der Waals surface area contributed by atoms with Crippen LogP contribution in [0.5, 0.6) is 46.0 Å². The van der Waals surface area contributed by atoms with Crippen LogP contribution in [0.3, 0.4) is 0 Å². The molecule has 0 unspecified atom stereocenters. The molecule has 8 bridgehead atoms. The third-order valence-electron chi connectivity index (χ3n) is 18.1. The Balaban J connectivity index is 0.000000292. The zero-order valence-corrected chi connectivity index (χ0v) is 52.8. The first-order valence-electron chi connectivity index (χ1n) is 31.2. The summed E-state index contributed by atoms with van der Waals surface area (Å²) in [4.78, 5) is 40.8. The van der Waals surface area contributed by atoms with Crippen molar-refractivity contribution < 1.29 is 95.8 Å². The number of rotatable bonds is 12. The first-order valence-corrected chi connectivity index (χ1v) is 31.2. The number of pyridine rings is 4. The van der Waals surface area contributed by atoms with E-state index in [9.17, 15) is 39.6 Å². The van der Waals surface area contributed by atoms with Gasteiger partial charge in [-0.1, -0.05) is 100 Å². The lowest BCUT2D eigenvalue weighted by atomic mass is 9.78. The van der Waals surface area contributed by atoms with Gasteiger partial charge in [-0.2, -0.15) is 0 Å². The Morgan fingerprint density at radius 1 is 0.292 bits per heavy atom. The van der Waals surface area contributed by atoms with E-state index in [1.165, 1.54) is 0 Å². The van der Waals surface area contributed by atoms with Crippen LogP contribution in [0.15, 0.2) is 195 Å². The van der Waals surface area contributed by atoms with E-state index >= 15 is 0 Å². The number of carbonyl (C=O) groups is 4. The molecule has 0 N–H and O–H groups in total. The number of carboxylic acid groups (broad SMARTS) is 4. The van der Waals surface area contributed by atoms with Crippen molar-refractivity contribution in [2.45, 2.75) is 77.5 Å². The average Bonchev–Trinajstić information content (AvgIpc) is 0.730. The molecule has 20 heteroatoms. The van der Waals surface area contributed by atoms with Gasteiger partial charge < -0.3 is 77.5 Å². The van der Waals surface area contributed by atoms with Crippen molar-refractivity contribution in [3.05, 3.63) is 284 Å². The van der Waals surface area contributed by atoms with Crippen molar-refractivity contribution in [2.75, 3.05) is 27.2 Å². The zero-order chi connectivity index (χ0) is 66.7. The number of carboxylic acids is 4. The Labute approximate surface area is 552 Å². The molecule has 20 nitrogen and oxygen atoms in total. The van der Waals surface area contributed by atoms with Gasteiger partial charge in [-0.25, -0.2) is 18.3 Å². The van der Waals surface area contributed by atoms with Crippen LogP contribution in [0.4, 0.5) is 0 Å². The van der Waals surface area contributed by atoms with Crippen LogP contribution < -0.4 is 76.6 Å². The standard InChI is InChI=1S/C60H56N4O8.2C8H6O4/c1-37-41-25-43-38(2)45-27-47-40(4)48-28-46-39(3)44-26-42(37)54-50(30-62-19-11-6-12-20-62)56(44)68-35-70-58(46)52(32-64-23-15-8-16-24-64)60(48)72-36-71-59(47)51(31-63-21-13-7-14-22-63)57(45)69-34-67-55(43)49(53(41)65-33-66-54)29-61-17-9-5-10-18-61;2*9-7(10)5-1-2-6(4-3-5)8(11)12/h5-28,37-40H,29-36H2,1-4H3;2*1-4H,(H,9,10)(H,11,12)/q+4;;/p-4. The third kappa shape index (κ3) is 12.5. The summed E-state index contributed by atoms with van der Waals surface area (Å²) >= 11 is 0. The summed E-state index contributed by atoms with van der Waals surface area (Å²) in [5, 5.41) is 40.8. The maximum Gasteiger partial charge on any atom is 0.230 e. The second-order valence-corrected chi connectivity index (χ2v) is 23.8. The number of ether oxygens (including phenoxy) is 8. The van der Waals surface area contributed by atoms with Crippen LogP contribution >= 0.6 is 0 Å². The fourth-order valence-electron chi connectivity index (χ4n) is 13.1. The number of benzene rings is 6. The van der Waals surface area contributed by atoms with E-state index in [2.05, 4.69) is 120 Å². The molecule has 96 heavy (non-hydrogen) atoms. The molecule has 0 fully saturated rings. The maximum absolute atomic E-state index is 10.2. The van der Waals surface area contributed by atoms with Gasteiger partial charge >= 0.3 is 0 Å². The SMILES string of the molecule is CC1c2cc3c4c(C[n+]5ccccc5)c2OCOc2c1cc1c(c2C[n+]2ccccc2)OCOc2c(cc5c(c2C[n+]2ccccc2)OCOc2c(cc(c(c2C[n+]2ccccc2)OCO4)C3C)C5C)C1C.O=C([O-])c1ccc(C(=O)[O-])cc1.O=C([O-])c1ccc(C(=O)[O-])cc1. The smallest absolute Gasteiger partial charge is 0.230 e. The van der Waals surface area contributed by atoms with Crippen LogP contribution in [-0.4, -0.2) is 51.0 Å². The van der Waals surface area contributed by atoms with Gasteiger partial charge in [-0.3, -0.25) is 0 Å². The van der Waals surface area contributed by atoms with Crippen molar-refractivity contribution in [1.29, 1.82) is 0 Å². The lowest BCUT2D eigenvalue weighted by molar-refractivity contribution is -0.688. The number of aromatic nitrogens is 4. The Bertz CT molecular complexity index is 3910. The van der Waals surface area contributed by atoms with Crippen molar-refractivity contribution in [3.63, 3.8) is 0 Å². The maximum atomic E-state index is 10.2. The molecule has 5 aliphatic rings. The molecule has 15 rings (SSSR count). The van der Waals surface area contributed by atoms with Crippen LogP contribution in [-0.2, 0) is 26.2 Å². The topological polar surface area (TPSA) is 250 Å². The number of hydrogen-bond acceptors (Lipinski definition) is 16. The predicted molar refractivity (Wildman–Crippen MR) is 333 cm³/mol. The van der Waals surface area contributed by atoms with E-state index in [-0.39, 0.29) is 73.1 Å². The van der Waals surface area contributed by atoms with Gasteiger partial charge in [-0.15, -0.1) is 0 Å². The fraction of sp³-hybridized carbons (Fsp3) is 0.211. The zero-order valence-electron chi connectivity index (χ0n) is 52.8. The highest BCUT2D eigenvalue weighted by molar-refractivity contribution is 5.90. The van der Waals surface area contributed by atoms with Crippen LogP contribution in [0.25, 0.3) is 0 Å². The van der Waals surface area contributed by atoms with Gasteiger partial charge in [0.2, 0.25) is 27.2 Å². The third-order valence-corrected chi connectivity index (χ3v) is 18.1. The first kappa shape index (κ1) is 63.0. The van der Waals surface area contributed by atoms with Crippen molar-refractivity contribution >= 4 is 23.9 Å². The summed E-state index contributed by atoms with van der Waals surface area (Å²) < 4.78 is 64.2. The van der Waals surface area contributed by atoms with Gasteiger partial charge in [0, 0.05) is 117 Å². The van der Waals surface area contributed by atoms with Crippen molar-refractivity contribution in [2.24, 2.45) is 0 Å². The summed E-state index contributed by atoms with van der Waals surface area (Å²) in [5.74, 6) is -0.228. The molecule has 6 aromatic carbocycles. The molecule has 0 radical (unpaired) electrons. The second-order valence-electron chi connectivity index (χ2n) is 23.8. The van der Waals surface area contributed by atoms with E-state index in [0.717, 1.165) is 161 Å². The molecular formula is C76H64N4O16. The number of nitrogens with zero attached hydrogens (tertiary/aromatic N) is 4. The van der Waals surface area contributed by atoms with Gasteiger partial charge in [0.1, 0.15) is 68.2 Å². The Kier molecular flexibility index (Phi) is 17.7. The summed E-state index contributed by atoms with van der Waals surface area (Å²) in [6.07, 6.45) is 16.6. The van der Waals surface area contributed by atoms with Crippen LogP contribution in [0.2, 0.25) is 0 Å². The normalized spacial score (nSPS) is 16.3. The first-order chi connectivity index (χ1) is 46.6. The van der Waals surface area contributed by atoms with Crippen LogP contribution in [0, 0.1) is 0 Å². The van der Waals surface area contributed by atoms with Crippen molar-refractivity contribution in [1.82, 2.24) is 0 Å². The van der Waals surface area contributed by atoms with E-state index in [0.29, 0.717) is 26.2 Å². The molecule has 0 amide bonds. The molecule has 10 aromatic rings. The van der Waals surface area contributed by atoms with Crippen LogP contribution in [0.1, 0.15) is 160 Å². The molecule has 0 saturated heterocycles. The van der Waals surface area contributed by atoms with Crippen molar-refractivity contribution in [3.8, 4) is 46.0 Å². The van der Waals surface area contributed by atoms with Gasteiger partial charge in [0.05, 0.1) is 23.9 Å². The lowest BCUT2D eigenvalue weighted by Gasteiger charge is -2.35. The largest absolute Gasteiger partial charge is 0.545 e. The molecule has 4 aromatic heterocycles. The van der Waals surface area contributed by atoms with E-state index in [1.54, 1.807) is 0 Å². The predicted octanol–water partition coefficient (Wildman–Crippen LogP) is 5.69. The van der Waals surface area contributed by atoms with Gasteiger partial charge in [0.25, 0.3) is 0 Å². The molecule has 0 spiro atoms. The number of carbonyl (C=O) groups excluding carboxylic acids is 4. The number of hydrogen-bond donors (Lipinski definition) is 0. The molecule has 8 heterocycles. The summed E-state index contributed by atoms with van der Waals surface area (Å²) in [6, 6.07) is 43.0. The summed E-state index contributed by atoms with van der Waals surface area (Å²) in [7, 11) is 0. The second kappa shape index (κ2) is 27.0. The lowest BCUT2D eigenvalue weighted by Crippen LogP contribution is -2.36. The monoisotopic (exact) mass is 1290 g/mol. The van der Waals surface area contributed by atoms with E-state index < -0.39 is 23.9 Å². The Morgan fingerprint density at radius 2 is 0.448 bits per heavy atom. The Morgan fingerprint density at radius 3 is 0.594 bits per heavy atom. The molecular weight excluding hydrogens is 1220 g/mol. The summed E-state index contributed by atoms with van der Waals surface area (Å²) in [5.41, 5.74) is 11.8. The molecule has 0 atom stereocenters. The highest BCUT2D eigenvalue weighted by Gasteiger charge is 2.41. The van der Waals surface area contributed by atoms with Gasteiger partial charge in [-0.05, 0) is 46.5 Å². The molecule has 484 valence electrons. The van der Waals surface area contributed by atoms with E-state index in [1.807, 2.05) is 72.8 Å². The molecule has 1 aliphatic carbocycles. The highest BCUT2D eigenvalue weighted by atomic mass is 16.7. The quantitative estimate of drug-likeness (QED) is 0.133. The highest BCUT2D eigenvalue weighted by Crippen LogP contribution is 2.56. The molecule has 0 saturated carbocycles. The molecule has 4 aliphatic heterocycles. The average molecular weight is 1290 g/mol. The fourth-order valence-corrected chi connectivity index (χ4v) is 13.1. The van der Waals surface area contributed by atoms with E-state index in [4.69, 9.17) is 37.9 Å². The minimum atomic E-state index is -1.33. The Hall–Kier alpha value is -11.8. The minimum absolute atomic E-state index is 0.0375. The van der Waals surface area contributed by atoms with Gasteiger partial charge in [0.15, 0.2) is 75.8 Å².